The summed E-state index contributed by atoms with van der Waals surface area (Å²) in [5.74, 6) is 0. The first-order valence-electron chi connectivity index (χ1n) is 6.33. The normalized spacial score (nSPS) is 20.9. The Morgan fingerprint density at radius 1 is 1.53 bits per heavy atom. The van der Waals surface area contributed by atoms with Gasteiger partial charge in [0.2, 0.25) is 0 Å². The first-order valence-corrected chi connectivity index (χ1v) is 7.13. The van der Waals surface area contributed by atoms with Crippen LogP contribution in [0.5, 0.6) is 0 Å². The number of halogens is 1. The van der Waals surface area contributed by atoms with E-state index in [0.29, 0.717) is 0 Å². The molecule has 1 saturated heterocycles. The molecule has 1 fully saturated rings. The van der Waals surface area contributed by atoms with Gasteiger partial charge in [-0.2, -0.15) is 0 Å². The van der Waals surface area contributed by atoms with Crippen molar-refractivity contribution in [2.24, 2.45) is 0 Å². The molecule has 0 radical (unpaired) electrons. The lowest BCUT2D eigenvalue weighted by molar-refractivity contribution is 0.260. The lowest BCUT2D eigenvalue weighted by Gasteiger charge is -2.22. The predicted octanol–water partition coefficient (Wildman–Crippen LogP) is 2.42. The average molecular weight is 298 g/mol. The van der Waals surface area contributed by atoms with Crippen LogP contribution < -0.4 is 5.32 Å². The summed E-state index contributed by atoms with van der Waals surface area (Å²) >= 11 is 3.44. The minimum absolute atomic E-state index is 0.722. The highest BCUT2D eigenvalue weighted by Crippen LogP contribution is 2.16. The maximum atomic E-state index is 4.17. The zero-order valence-electron chi connectivity index (χ0n) is 10.3. The maximum Gasteiger partial charge on any atom is 0.0410 e. The molecule has 1 atom stereocenters. The van der Waals surface area contributed by atoms with Gasteiger partial charge in [-0.3, -0.25) is 9.88 Å². The lowest BCUT2D eigenvalue weighted by Crippen LogP contribution is -2.37. The first kappa shape index (κ1) is 13.0. The zero-order chi connectivity index (χ0) is 12.1. The van der Waals surface area contributed by atoms with E-state index in [-0.39, 0.29) is 0 Å². The number of likely N-dealkylation sites (tertiary alicyclic amines) is 1. The van der Waals surface area contributed by atoms with Gasteiger partial charge in [0.25, 0.3) is 0 Å². The summed E-state index contributed by atoms with van der Waals surface area (Å²) in [6, 6.07) is 2.84. The van der Waals surface area contributed by atoms with E-state index < -0.39 is 0 Å². The Kier molecular flexibility index (Phi) is 4.95. The van der Waals surface area contributed by atoms with Gasteiger partial charge in [-0.1, -0.05) is 6.92 Å². The average Bonchev–Trinajstić information content (AvgIpc) is 2.77. The van der Waals surface area contributed by atoms with E-state index >= 15 is 0 Å². The maximum absolute atomic E-state index is 4.17. The third-order valence-corrected chi connectivity index (χ3v) is 3.81. The van der Waals surface area contributed by atoms with Crippen molar-refractivity contribution in [2.45, 2.75) is 32.4 Å². The topological polar surface area (TPSA) is 28.2 Å². The molecule has 2 rings (SSSR count). The van der Waals surface area contributed by atoms with Crippen LogP contribution in [0.15, 0.2) is 22.9 Å². The van der Waals surface area contributed by atoms with Crippen LogP contribution in [0, 0.1) is 0 Å². The molecule has 4 heteroatoms. The molecule has 1 unspecified atom stereocenters. The predicted molar refractivity (Wildman–Crippen MR) is 73.9 cm³/mol. The summed E-state index contributed by atoms with van der Waals surface area (Å²) in [6.45, 7) is 6.67. The van der Waals surface area contributed by atoms with Crippen LogP contribution in [0.2, 0.25) is 0 Å². The molecule has 0 spiro atoms. The van der Waals surface area contributed by atoms with Crippen molar-refractivity contribution in [3.63, 3.8) is 0 Å². The minimum Gasteiger partial charge on any atom is -0.311 e. The SMILES string of the molecule is CCN1CCCC1CNCc1cncc(Br)c1. The molecular weight excluding hydrogens is 278 g/mol. The fourth-order valence-corrected chi connectivity index (χ4v) is 2.89. The van der Waals surface area contributed by atoms with Gasteiger partial charge in [-0.25, -0.2) is 0 Å². The number of likely N-dealkylation sites (N-methyl/N-ethyl adjacent to an activating group) is 1. The fourth-order valence-electron chi connectivity index (χ4n) is 2.48. The highest BCUT2D eigenvalue weighted by molar-refractivity contribution is 9.10. The second kappa shape index (κ2) is 6.47. The standard InChI is InChI=1S/C13H20BrN3/c1-2-17-5-3-4-13(17)10-16-8-11-6-12(14)9-15-7-11/h6-7,9,13,16H,2-5,8,10H2,1H3. The summed E-state index contributed by atoms with van der Waals surface area (Å²) in [5, 5.41) is 3.53. The van der Waals surface area contributed by atoms with Crippen molar-refractivity contribution in [2.75, 3.05) is 19.6 Å². The Labute approximate surface area is 112 Å². The van der Waals surface area contributed by atoms with E-state index in [4.69, 9.17) is 0 Å². The summed E-state index contributed by atoms with van der Waals surface area (Å²) in [5.41, 5.74) is 1.24. The van der Waals surface area contributed by atoms with Crippen LogP contribution >= 0.6 is 15.9 Å². The summed E-state index contributed by atoms with van der Waals surface area (Å²) in [7, 11) is 0. The number of nitrogens with one attached hydrogen (secondary N) is 1. The smallest absolute Gasteiger partial charge is 0.0410 e. The molecule has 94 valence electrons. The summed E-state index contributed by atoms with van der Waals surface area (Å²) in [6.07, 6.45) is 6.42. The molecule has 1 N–H and O–H groups in total. The fraction of sp³-hybridized carbons (Fsp3) is 0.615. The third kappa shape index (κ3) is 3.76. The summed E-state index contributed by atoms with van der Waals surface area (Å²) < 4.78 is 1.05. The van der Waals surface area contributed by atoms with E-state index in [9.17, 15) is 0 Å². The number of pyridine rings is 1. The van der Waals surface area contributed by atoms with Gasteiger partial charge >= 0.3 is 0 Å². The summed E-state index contributed by atoms with van der Waals surface area (Å²) in [4.78, 5) is 6.73. The van der Waals surface area contributed by atoms with Crippen molar-refractivity contribution in [3.8, 4) is 0 Å². The molecule has 3 nitrogen and oxygen atoms in total. The van der Waals surface area contributed by atoms with Gasteiger partial charge in [-0.15, -0.1) is 0 Å². The highest BCUT2D eigenvalue weighted by Gasteiger charge is 2.21. The second-order valence-electron chi connectivity index (χ2n) is 4.57. The molecule has 1 aromatic rings. The third-order valence-electron chi connectivity index (χ3n) is 3.38. The molecule has 0 bridgehead atoms. The Balaban J connectivity index is 1.76. The van der Waals surface area contributed by atoms with Crippen molar-refractivity contribution < 1.29 is 0 Å². The number of aromatic nitrogens is 1. The van der Waals surface area contributed by atoms with E-state index in [0.717, 1.165) is 23.6 Å². The van der Waals surface area contributed by atoms with Crippen LogP contribution in [0.1, 0.15) is 25.3 Å². The molecular formula is C13H20BrN3. The van der Waals surface area contributed by atoms with Gasteiger partial charge in [0.1, 0.15) is 0 Å². The Morgan fingerprint density at radius 3 is 3.18 bits per heavy atom. The quantitative estimate of drug-likeness (QED) is 0.905. The van der Waals surface area contributed by atoms with Crippen molar-refractivity contribution in [3.05, 3.63) is 28.5 Å². The number of nitrogens with zero attached hydrogens (tertiary/aromatic N) is 2. The van der Waals surface area contributed by atoms with Crippen LogP contribution in [-0.4, -0.2) is 35.6 Å². The largest absolute Gasteiger partial charge is 0.311 e. The van der Waals surface area contributed by atoms with Crippen LogP contribution in [0.3, 0.4) is 0 Å². The minimum atomic E-state index is 0.722. The van der Waals surface area contributed by atoms with Crippen LogP contribution in [0.25, 0.3) is 0 Å². The van der Waals surface area contributed by atoms with E-state index in [1.807, 2.05) is 12.4 Å². The molecule has 0 aromatic carbocycles. The number of rotatable bonds is 5. The molecule has 0 aliphatic carbocycles. The van der Waals surface area contributed by atoms with Crippen molar-refractivity contribution in [1.29, 1.82) is 0 Å². The first-order chi connectivity index (χ1) is 8.29. The monoisotopic (exact) mass is 297 g/mol. The molecule has 0 saturated carbocycles. The molecule has 1 aliphatic rings. The van der Waals surface area contributed by atoms with E-state index in [1.165, 1.54) is 31.5 Å². The highest BCUT2D eigenvalue weighted by atomic mass is 79.9. The number of hydrogen-bond donors (Lipinski definition) is 1. The van der Waals surface area contributed by atoms with E-state index in [1.54, 1.807) is 0 Å². The van der Waals surface area contributed by atoms with Gasteiger partial charge in [0.15, 0.2) is 0 Å². The molecule has 2 heterocycles. The molecule has 0 amide bonds. The number of hydrogen-bond acceptors (Lipinski definition) is 3. The molecule has 1 aromatic heterocycles. The van der Waals surface area contributed by atoms with Gasteiger partial charge < -0.3 is 5.32 Å². The Bertz CT molecular complexity index is 356. The van der Waals surface area contributed by atoms with Gasteiger partial charge in [0, 0.05) is 36.0 Å². The molecule has 1 aliphatic heterocycles. The van der Waals surface area contributed by atoms with Crippen molar-refractivity contribution >= 4 is 15.9 Å². The van der Waals surface area contributed by atoms with E-state index in [2.05, 4.69) is 44.1 Å². The van der Waals surface area contributed by atoms with Crippen LogP contribution in [-0.2, 0) is 6.54 Å². The second-order valence-corrected chi connectivity index (χ2v) is 5.48. The van der Waals surface area contributed by atoms with Crippen molar-refractivity contribution in [1.82, 2.24) is 15.2 Å². The Morgan fingerprint density at radius 2 is 2.41 bits per heavy atom. The lowest BCUT2D eigenvalue weighted by atomic mass is 10.2. The van der Waals surface area contributed by atoms with Gasteiger partial charge in [0.05, 0.1) is 0 Å². The zero-order valence-corrected chi connectivity index (χ0v) is 11.9. The molecule has 17 heavy (non-hydrogen) atoms. The Hall–Kier alpha value is -0.450. The van der Waals surface area contributed by atoms with Gasteiger partial charge in [-0.05, 0) is 53.5 Å². The van der Waals surface area contributed by atoms with Crippen LogP contribution in [0.4, 0.5) is 0 Å².